The number of esters is 1. The summed E-state index contributed by atoms with van der Waals surface area (Å²) in [6, 6.07) is 8.97. The second-order valence-corrected chi connectivity index (χ2v) is 6.16. The van der Waals surface area contributed by atoms with Crippen molar-refractivity contribution >= 4 is 25.7 Å². The van der Waals surface area contributed by atoms with Crippen LogP contribution in [0.1, 0.15) is 12.5 Å². The van der Waals surface area contributed by atoms with Gasteiger partial charge in [-0.1, -0.05) is 30.3 Å². The van der Waals surface area contributed by atoms with Crippen molar-refractivity contribution in [3.8, 4) is 0 Å². The highest BCUT2D eigenvalue weighted by molar-refractivity contribution is 8.14. The van der Waals surface area contributed by atoms with E-state index in [2.05, 4.69) is 0 Å². The Hall–Kier alpha value is -1.07. The first-order chi connectivity index (χ1) is 7.41. The molecule has 1 rings (SSSR count). The van der Waals surface area contributed by atoms with Gasteiger partial charge in [-0.25, -0.2) is 8.42 Å². The first-order valence-corrected chi connectivity index (χ1v) is 6.92. The minimum Gasteiger partial charge on any atom is -0.460 e. The molecule has 1 unspecified atom stereocenters. The maximum Gasteiger partial charge on any atom is 0.325 e. The van der Waals surface area contributed by atoms with E-state index in [-0.39, 0.29) is 6.61 Å². The first-order valence-electron chi connectivity index (χ1n) is 4.55. The molecule has 4 nitrogen and oxygen atoms in total. The third-order valence-electron chi connectivity index (χ3n) is 1.98. The van der Waals surface area contributed by atoms with Gasteiger partial charge in [0, 0.05) is 10.7 Å². The lowest BCUT2D eigenvalue weighted by molar-refractivity contribution is -0.144. The number of benzene rings is 1. The van der Waals surface area contributed by atoms with Gasteiger partial charge >= 0.3 is 5.97 Å². The number of ether oxygens (including phenoxy) is 1. The molecule has 0 aliphatic carbocycles. The van der Waals surface area contributed by atoms with E-state index < -0.39 is 20.3 Å². The van der Waals surface area contributed by atoms with Crippen molar-refractivity contribution in [1.82, 2.24) is 0 Å². The summed E-state index contributed by atoms with van der Waals surface area (Å²) in [5.41, 5.74) is 0.787. The van der Waals surface area contributed by atoms with Crippen LogP contribution in [0.5, 0.6) is 0 Å². The SMILES string of the molecule is CC(C(=O)OCc1ccccc1)S(=O)(=O)Cl. The fourth-order valence-electron chi connectivity index (χ4n) is 0.961. The van der Waals surface area contributed by atoms with Crippen molar-refractivity contribution in [2.45, 2.75) is 18.8 Å². The maximum atomic E-state index is 11.3. The molecule has 0 heterocycles. The smallest absolute Gasteiger partial charge is 0.325 e. The van der Waals surface area contributed by atoms with Gasteiger partial charge in [0.1, 0.15) is 6.61 Å². The average Bonchev–Trinajstić information content (AvgIpc) is 2.25. The number of carbonyl (C=O) groups excluding carboxylic acids is 1. The Morgan fingerprint density at radius 2 is 1.94 bits per heavy atom. The minimum atomic E-state index is -3.91. The number of halogens is 1. The molecule has 0 amide bonds. The standard InChI is InChI=1S/C10H11ClO4S/c1-8(16(11,13)14)10(12)15-7-9-5-3-2-4-6-9/h2-6,8H,7H2,1H3. The summed E-state index contributed by atoms with van der Waals surface area (Å²) >= 11 is 0. The van der Waals surface area contributed by atoms with E-state index in [1.165, 1.54) is 6.92 Å². The Bertz CT molecular complexity index is 455. The van der Waals surface area contributed by atoms with Crippen LogP contribution in [0.4, 0.5) is 0 Å². The lowest BCUT2D eigenvalue weighted by Crippen LogP contribution is -2.25. The molecule has 0 aliphatic rings. The lowest BCUT2D eigenvalue weighted by Gasteiger charge is -2.08. The van der Waals surface area contributed by atoms with Gasteiger partial charge in [-0.3, -0.25) is 4.79 Å². The Morgan fingerprint density at radius 1 is 1.38 bits per heavy atom. The normalized spacial score (nSPS) is 13.1. The van der Waals surface area contributed by atoms with Crippen molar-refractivity contribution < 1.29 is 17.9 Å². The van der Waals surface area contributed by atoms with Crippen molar-refractivity contribution in [1.29, 1.82) is 0 Å². The Labute approximate surface area is 98.6 Å². The number of hydrogen-bond donors (Lipinski definition) is 0. The fraction of sp³-hybridized carbons (Fsp3) is 0.300. The van der Waals surface area contributed by atoms with Crippen LogP contribution in [0.2, 0.25) is 0 Å². The summed E-state index contributed by atoms with van der Waals surface area (Å²) in [6.45, 7) is 1.23. The number of hydrogen-bond acceptors (Lipinski definition) is 4. The molecule has 0 radical (unpaired) electrons. The predicted molar refractivity (Wildman–Crippen MR) is 60.5 cm³/mol. The molecule has 0 saturated carbocycles. The zero-order valence-electron chi connectivity index (χ0n) is 8.59. The molecule has 0 spiro atoms. The third-order valence-corrected chi connectivity index (χ3v) is 3.82. The van der Waals surface area contributed by atoms with Crippen LogP contribution >= 0.6 is 10.7 Å². The van der Waals surface area contributed by atoms with E-state index in [0.29, 0.717) is 0 Å². The molecular formula is C10H11ClO4S. The zero-order valence-corrected chi connectivity index (χ0v) is 10.2. The van der Waals surface area contributed by atoms with Gasteiger partial charge in [0.2, 0.25) is 9.05 Å². The van der Waals surface area contributed by atoms with Gasteiger partial charge in [-0.05, 0) is 12.5 Å². The Morgan fingerprint density at radius 3 is 2.44 bits per heavy atom. The predicted octanol–water partition coefficient (Wildman–Crippen LogP) is 1.69. The van der Waals surface area contributed by atoms with Crippen molar-refractivity contribution in [2.75, 3.05) is 0 Å². The maximum absolute atomic E-state index is 11.3. The van der Waals surface area contributed by atoms with Crippen LogP contribution in [-0.4, -0.2) is 19.6 Å². The van der Waals surface area contributed by atoms with Crippen LogP contribution < -0.4 is 0 Å². The molecule has 1 aromatic rings. The highest BCUT2D eigenvalue weighted by Gasteiger charge is 2.27. The van der Waals surface area contributed by atoms with Crippen molar-refractivity contribution in [2.24, 2.45) is 0 Å². The van der Waals surface area contributed by atoms with Crippen molar-refractivity contribution in [3.63, 3.8) is 0 Å². The topological polar surface area (TPSA) is 60.4 Å². The molecule has 0 saturated heterocycles. The van der Waals surface area contributed by atoms with Crippen LogP contribution in [0.3, 0.4) is 0 Å². The minimum absolute atomic E-state index is 0.0381. The van der Waals surface area contributed by atoms with Crippen LogP contribution in [0.15, 0.2) is 30.3 Å². The Balaban J connectivity index is 2.54. The highest BCUT2D eigenvalue weighted by atomic mass is 35.7. The van der Waals surface area contributed by atoms with Gasteiger partial charge < -0.3 is 4.74 Å². The van der Waals surface area contributed by atoms with E-state index in [4.69, 9.17) is 15.4 Å². The molecule has 1 atom stereocenters. The summed E-state index contributed by atoms with van der Waals surface area (Å²) in [4.78, 5) is 11.3. The fourth-order valence-corrected chi connectivity index (χ4v) is 1.48. The second kappa shape index (κ2) is 5.32. The zero-order chi connectivity index (χ0) is 12.2. The van der Waals surface area contributed by atoms with Gasteiger partial charge in [-0.2, -0.15) is 0 Å². The number of rotatable bonds is 4. The molecule has 0 aromatic heterocycles. The molecule has 16 heavy (non-hydrogen) atoms. The van der Waals surface area contributed by atoms with Crippen LogP contribution in [0.25, 0.3) is 0 Å². The molecule has 88 valence electrons. The molecule has 0 aliphatic heterocycles. The highest BCUT2D eigenvalue weighted by Crippen LogP contribution is 2.10. The quantitative estimate of drug-likeness (QED) is 0.612. The first kappa shape index (κ1) is 13.0. The molecule has 1 aromatic carbocycles. The lowest BCUT2D eigenvalue weighted by atomic mass is 10.2. The van der Waals surface area contributed by atoms with E-state index in [0.717, 1.165) is 5.56 Å². The van der Waals surface area contributed by atoms with E-state index >= 15 is 0 Å². The molecule has 0 fully saturated rings. The summed E-state index contributed by atoms with van der Waals surface area (Å²) in [7, 11) is 1.12. The third kappa shape index (κ3) is 3.83. The second-order valence-electron chi connectivity index (χ2n) is 3.21. The van der Waals surface area contributed by atoms with Crippen LogP contribution in [-0.2, 0) is 25.2 Å². The van der Waals surface area contributed by atoms with Gasteiger partial charge in [0.25, 0.3) is 0 Å². The van der Waals surface area contributed by atoms with E-state index in [1.54, 1.807) is 24.3 Å². The summed E-state index contributed by atoms with van der Waals surface area (Å²) < 4.78 is 26.5. The number of carbonyl (C=O) groups is 1. The summed E-state index contributed by atoms with van der Waals surface area (Å²) in [5, 5.41) is -1.35. The van der Waals surface area contributed by atoms with Crippen LogP contribution in [0, 0.1) is 0 Å². The van der Waals surface area contributed by atoms with E-state index in [1.807, 2.05) is 6.07 Å². The summed E-state index contributed by atoms with van der Waals surface area (Å²) in [6.07, 6.45) is 0. The largest absolute Gasteiger partial charge is 0.460 e. The molecular weight excluding hydrogens is 252 g/mol. The van der Waals surface area contributed by atoms with Gasteiger partial charge in [-0.15, -0.1) is 0 Å². The van der Waals surface area contributed by atoms with E-state index in [9.17, 15) is 13.2 Å². The molecule has 0 N–H and O–H groups in total. The molecule has 0 bridgehead atoms. The molecule has 6 heteroatoms. The van der Waals surface area contributed by atoms with Gasteiger partial charge in [0.15, 0.2) is 5.25 Å². The van der Waals surface area contributed by atoms with Gasteiger partial charge in [0.05, 0.1) is 0 Å². The average molecular weight is 263 g/mol. The van der Waals surface area contributed by atoms with Crippen molar-refractivity contribution in [3.05, 3.63) is 35.9 Å². The summed E-state index contributed by atoms with van der Waals surface area (Å²) in [5.74, 6) is -0.848. The monoisotopic (exact) mass is 262 g/mol. The Kier molecular flexibility index (Phi) is 4.32.